The Morgan fingerprint density at radius 2 is 0.963 bits per heavy atom. The van der Waals surface area contributed by atoms with Gasteiger partial charge in [0.25, 0.3) is 5.91 Å². The highest BCUT2D eigenvalue weighted by molar-refractivity contribution is 6.12. The molecule has 0 saturated carbocycles. The van der Waals surface area contributed by atoms with Crippen molar-refractivity contribution in [3.63, 3.8) is 0 Å². The van der Waals surface area contributed by atoms with Gasteiger partial charge in [-0.15, -0.1) is 10.2 Å². The number of imide groups is 1. The fourth-order valence-electron chi connectivity index (χ4n) is 7.90. The Labute approximate surface area is 448 Å². The molecule has 16 nitrogen and oxygen atoms in total. The third-order valence-corrected chi connectivity index (χ3v) is 11.9. The smallest absolute Gasteiger partial charge is 0.416 e. The maximum Gasteiger partial charge on any atom is 0.416 e. The minimum atomic E-state index is -4.63. The number of urea groups is 1. The van der Waals surface area contributed by atoms with Crippen LogP contribution in [0.1, 0.15) is 58.9 Å². The highest BCUT2D eigenvalue weighted by atomic mass is 19.4. The summed E-state index contributed by atoms with van der Waals surface area (Å²) in [4.78, 5) is 62.4. The van der Waals surface area contributed by atoms with Gasteiger partial charge in [-0.05, 0) is 132 Å². The lowest BCUT2D eigenvalue weighted by atomic mass is 9.98. The molecule has 0 saturated heterocycles. The summed E-state index contributed by atoms with van der Waals surface area (Å²) in [6.45, 7) is 0.0100. The second kappa shape index (κ2) is 23.2. The van der Waals surface area contributed by atoms with Crippen LogP contribution in [0.25, 0.3) is 21.5 Å². The molecule has 0 radical (unpaired) electrons. The van der Waals surface area contributed by atoms with E-state index in [-0.39, 0.29) is 58.0 Å². The van der Waals surface area contributed by atoms with E-state index in [0.717, 1.165) is 36.7 Å². The number of nitrogens with one attached hydrogen (secondary N) is 3. The van der Waals surface area contributed by atoms with Crippen LogP contribution in [0.5, 0.6) is 11.5 Å². The number of alkyl halides is 6. The van der Waals surface area contributed by atoms with Crippen molar-refractivity contribution in [2.45, 2.75) is 19.0 Å². The molecule has 0 aliphatic carbocycles. The number of nitrogens with zero attached hydrogens (tertiary/aromatic N) is 5. The summed E-state index contributed by atoms with van der Waals surface area (Å²) in [6.07, 6.45) is -8.25. The number of aromatic hydroxyl groups is 2. The Kier molecular flexibility index (Phi) is 15.7. The first-order chi connectivity index (χ1) is 38.4. The van der Waals surface area contributed by atoms with Gasteiger partial charge in [0.15, 0.2) is 11.6 Å². The first kappa shape index (κ1) is 54.0. The van der Waals surface area contributed by atoms with Crippen molar-refractivity contribution in [1.82, 2.24) is 5.32 Å². The quantitative estimate of drug-likeness (QED) is 0.0155. The maximum absolute atomic E-state index is 13.4. The van der Waals surface area contributed by atoms with Crippen molar-refractivity contribution in [2.24, 2.45) is 25.6 Å². The van der Waals surface area contributed by atoms with Crippen molar-refractivity contribution in [1.29, 1.82) is 0 Å². The molecule has 0 heterocycles. The average Bonchev–Trinajstić information content (AvgIpc) is 3.45. The first-order valence-electron chi connectivity index (χ1n) is 23.6. The Hall–Kier alpha value is -10.8. The summed E-state index contributed by atoms with van der Waals surface area (Å²) >= 11 is 0. The van der Waals surface area contributed by atoms with E-state index in [1.54, 1.807) is 60.7 Å². The van der Waals surface area contributed by atoms with Crippen molar-refractivity contribution in [3.05, 3.63) is 226 Å². The summed E-state index contributed by atoms with van der Waals surface area (Å²) in [5.41, 5.74) is 3.37. The molecule has 3 amide bonds. The molecule has 9 aromatic rings. The zero-order valence-corrected chi connectivity index (χ0v) is 41.0. The van der Waals surface area contributed by atoms with Crippen LogP contribution in [0.2, 0.25) is 0 Å². The van der Waals surface area contributed by atoms with Crippen LogP contribution in [0.3, 0.4) is 0 Å². The fraction of sp³-hybridized carbons (Fsp3) is 0.0517. The summed E-state index contributed by atoms with van der Waals surface area (Å²) in [5.74, 6) is -1.86. The molecule has 9 aromatic carbocycles. The lowest BCUT2D eigenvalue weighted by Crippen LogP contribution is -2.34. The summed E-state index contributed by atoms with van der Waals surface area (Å²) in [7, 11) is 0. The van der Waals surface area contributed by atoms with Crippen LogP contribution in [-0.4, -0.2) is 40.1 Å². The van der Waals surface area contributed by atoms with Crippen molar-refractivity contribution >= 4 is 85.6 Å². The minimum absolute atomic E-state index is 0.0100. The van der Waals surface area contributed by atoms with E-state index in [1.807, 2.05) is 0 Å². The molecular formula is C58H38F6N8O8. The SMILES string of the molecule is O=C(NC(=O)c1ccc2c(N=Nc3ccc(C(=O)c4ccc(C(=O)c5ccc(N=Nc6c(O)ccc7cc(CO/N=C/ONc8cccc(C(F)(F)F)c8)ccc67)cc5)cc4)cc3)c(O)ccc2c1)Nc1cccc(C(F)(F)F)c1. The van der Waals surface area contributed by atoms with E-state index < -0.39 is 35.4 Å². The number of ketones is 2. The number of amides is 3. The first-order valence-corrected chi connectivity index (χ1v) is 23.6. The van der Waals surface area contributed by atoms with Gasteiger partial charge in [-0.1, -0.05) is 71.9 Å². The highest BCUT2D eigenvalue weighted by Gasteiger charge is 2.31. The molecule has 0 atom stereocenters. The number of phenolic OH excluding ortho intramolecular Hbond substituents is 2. The number of rotatable bonds is 16. The van der Waals surface area contributed by atoms with Gasteiger partial charge in [-0.2, -0.15) is 36.6 Å². The van der Waals surface area contributed by atoms with Gasteiger partial charge in [0.05, 0.1) is 28.2 Å². The van der Waals surface area contributed by atoms with Crippen molar-refractivity contribution < 1.29 is 65.4 Å². The predicted molar refractivity (Wildman–Crippen MR) is 283 cm³/mol. The molecule has 400 valence electrons. The average molecular weight is 1090 g/mol. The van der Waals surface area contributed by atoms with E-state index in [4.69, 9.17) is 9.68 Å². The number of benzene rings is 9. The number of oxime groups is 1. The number of anilines is 2. The minimum Gasteiger partial charge on any atom is -0.506 e. The van der Waals surface area contributed by atoms with E-state index in [2.05, 4.69) is 41.7 Å². The second-order valence-electron chi connectivity index (χ2n) is 17.4. The van der Waals surface area contributed by atoms with Gasteiger partial charge in [-0.25, -0.2) is 10.3 Å². The van der Waals surface area contributed by atoms with Gasteiger partial charge in [0.1, 0.15) is 29.5 Å². The van der Waals surface area contributed by atoms with Crippen LogP contribution in [0.15, 0.2) is 208 Å². The summed E-state index contributed by atoms with van der Waals surface area (Å²) < 4.78 is 78.1. The molecule has 22 heteroatoms. The third-order valence-electron chi connectivity index (χ3n) is 11.9. The van der Waals surface area contributed by atoms with Crippen LogP contribution in [0, 0.1) is 0 Å². The Balaban J connectivity index is 0.770. The van der Waals surface area contributed by atoms with Crippen molar-refractivity contribution in [2.75, 3.05) is 10.8 Å². The molecule has 0 spiro atoms. The van der Waals surface area contributed by atoms with Gasteiger partial charge in [0.2, 0.25) is 6.40 Å². The highest BCUT2D eigenvalue weighted by Crippen LogP contribution is 2.39. The Morgan fingerprint density at radius 3 is 1.49 bits per heavy atom. The monoisotopic (exact) mass is 1090 g/mol. The molecule has 5 N–H and O–H groups in total. The van der Waals surface area contributed by atoms with E-state index in [0.29, 0.717) is 60.7 Å². The molecule has 0 aliphatic rings. The number of carbonyl (C=O) groups excluding carboxylic acids is 4. The molecule has 0 aliphatic heterocycles. The molecule has 0 fully saturated rings. The lowest BCUT2D eigenvalue weighted by Gasteiger charge is -2.11. The zero-order chi connectivity index (χ0) is 56.6. The molecular weight excluding hydrogens is 1050 g/mol. The molecule has 9 rings (SSSR count). The number of halogens is 6. The normalized spacial score (nSPS) is 11.8. The molecule has 80 heavy (non-hydrogen) atoms. The molecule has 0 aromatic heterocycles. The van der Waals surface area contributed by atoms with Gasteiger partial charge in [-0.3, -0.25) is 19.7 Å². The van der Waals surface area contributed by atoms with E-state index in [1.165, 1.54) is 91.0 Å². The van der Waals surface area contributed by atoms with Crippen LogP contribution in [0.4, 0.5) is 65.3 Å². The van der Waals surface area contributed by atoms with Gasteiger partial charge >= 0.3 is 18.4 Å². The van der Waals surface area contributed by atoms with Gasteiger partial charge in [0, 0.05) is 44.3 Å². The number of hydrogen-bond donors (Lipinski definition) is 5. The Morgan fingerprint density at radius 1 is 0.500 bits per heavy atom. The molecule has 0 unspecified atom stereocenters. The zero-order valence-electron chi connectivity index (χ0n) is 41.0. The summed E-state index contributed by atoms with van der Waals surface area (Å²) in [5, 5.41) is 48.3. The predicted octanol–water partition coefficient (Wildman–Crippen LogP) is 15.2. The number of azo groups is 2. The topological polar surface area (TPSA) is 225 Å². The third kappa shape index (κ3) is 13.1. The lowest BCUT2D eigenvalue weighted by molar-refractivity contribution is -0.138. The molecule has 0 bridgehead atoms. The standard InChI is InChI=1S/C58H38F6N8O8/c59-57(60,61)41-3-1-5-45(29-41)66-56(78)67-55(77)40-16-24-48-39(28-40)18-26-50(74)52(48)71-69-44-21-14-37(15-22-44)54(76)35-10-8-34(9-11-35)53(75)36-12-19-43(20-13-36)68-70-51-47-23-7-33(27-38(47)17-25-49(51)73)31-79-65-32-80-72-46-6-2-4-42(30-46)58(62,63)64/h1-30,32,72-74H,31H2,(H2,66,67,77,78)/b65-32+,70-68?,71-69?. The fourth-order valence-corrected chi connectivity index (χ4v) is 7.90. The van der Waals surface area contributed by atoms with E-state index in [9.17, 15) is 55.7 Å². The van der Waals surface area contributed by atoms with Crippen LogP contribution >= 0.6 is 0 Å². The van der Waals surface area contributed by atoms with Gasteiger partial charge < -0.3 is 25.2 Å². The maximum atomic E-state index is 13.4. The van der Waals surface area contributed by atoms with Crippen LogP contribution in [-0.2, 0) is 28.6 Å². The Bertz CT molecular complexity index is 3930. The van der Waals surface area contributed by atoms with Crippen LogP contribution < -0.4 is 16.1 Å². The number of carbonyl (C=O) groups is 4. The van der Waals surface area contributed by atoms with Crippen molar-refractivity contribution in [3.8, 4) is 11.5 Å². The number of phenols is 2. The number of hydrogen-bond acceptors (Lipinski definition) is 14. The number of fused-ring (bicyclic) bond motifs is 2. The largest absolute Gasteiger partial charge is 0.506 e. The second-order valence-corrected chi connectivity index (χ2v) is 17.4. The van der Waals surface area contributed by atoms with E-state index >= 15 is 0 Å². The summed E-state index contributed by atoms with van der Waals surface area (Å²) in [6, 6.07) is 41.4.